The summed E-state index contributed by atoms with van der Waals surface area (Å²) < 4.78 is 34.8. The summed E-state index contributed by atoms with van der Waals surface area (Å²) in [4.78, 5) is 0. The largest absolute Gasteiger partial charge is 0.353 e. The van der Waals surface area contributed by atoms with Crippen molar-refractivity contribution in [3.8, 4) is 0 Å². The zero-order chi connectivity index (χ0) is 13.9. The first-order valence-corrected chi connectivity index (χ1v) is 8.27. The molecule has 0 aromatic rings. The molecule has 0 atom stereocenters. The first kappa shape index (κ1) is 17.8. The Labute approximate surface area is 110 Å². The van der Waals surface area contributed by atoms with E-state index in [1.165, 1.54) is 0 Å². The van der Waals surface area contributed by atoms with Crippen molar-refractivity contribution in [2.75, 3.05) is 39.1 Å². The topological polar surface area (TPSA) is 76.7 Å². The van der Waals surface area contributed by atoms with Gasteiger partial charge in [-0.3, -0.25) is 0 Å². The monoisotopic (exact) mass is 282 g/mol. The second-order valence-corrected chi connectivity index (χ2v) is 5.73. The van der Waals surface area contributed by atoms with Crippen LogP contribution < -0.4 is 10.0 Å². The van der Waals surface area contributed by atoms with E-state index < -0.39 is 10.0 Å². The predicted octanol–water partition coefficient (Wildman–Crippen LogP) is 0.305. The molecule has 6 nitrogen and oxygen atoms in total. The normalized spacial score (nSPS) is 12.2. The van der Waals surface area contributed by atoms with Crippen molar-refractivity contribution in [2.45, 2.75) is 33.0 Å². The molecule has 0 aromatic carbocycles. The number of hydrogen-bond acceptors (Lipinski definition) is 5. The van der Waals surface area contributed by atoms with E-state index in [-0.39, 0.29) is 6.29 Å². The molecule has 0 fully saturated rings. The van der Waals surface area contributed by atoms with Crippen LogP contribution in [0.25, 0.3) is 0 Å². The quantitative estimate of drug-likeness (QED) is 0.398. The van der Waals surface area contributed by atoms with Gasteiger partial charge in [0.05, 0.1) is 6.26 Å². The molecule has 0 spiro atoms. The van der Waals surface area contributed by atoms with E-state index in [4.69, 9.17) is 9.47 Å². The molecule has 0 saturated heterocycles. The maximum atomic E-state index is 10.8. The lowest BCUT2D eigenvalue weighted by atomic mass is 10.3. The molecule has 0 heterocycles. The Bertz CT molecular complexity index is 277. The van der Waals surface area contributed by atoms with Crippen LogP contribution in [-0.2, 0) is 19.5 Å². The van der Waals surface area contributed by atoms with Gasteiger partial charge in [0.1, 0.15) is 0 Å². The standard InChI is InChI=1S/C11H26N2O4S/c1-4-16-11(17-5-2)7-10-12-8-6-9-13-18(3,14)15/h11-13H,4-10H2,1-3H3. The number of rotatable bonds is 12. The van der Waals surface area contributed by atoms with Gasteiger partial charge in [-0.05, 0) is 33.4 Å². The van der Waals surface area contributed by atoms with Crippen molar-refractivity contribution >= 4 is 10.0 Å². The van der Waals surface area contributed by atoms with Crippen molar-refractivity contribution in [3.63, 3.8) is 0 Å². The summed E-state index contributed by atoms with van der Waals surface area (Å²) >= 11 is 0. The smallest absolute Gasteiger partial charge is 0.208 e. The molecule has 18 heavy (non-hydrogen) atoms. The van der Waals surface area contributed by atoms with Gasteiger partial charge in [0.25, 0.3) is 0 Å². The van der Waals surface area contributed by atoms with Crippen LogP contribution in [0.15, 0.2) is 0 Å². The van der Waals surface area contributed by atoms with Crippen molar-refractivity contribution < 1.29 is 17.9 Å². The SMILES string of the molecule is CCOC(CCNCCCNS(C)(=O)=O)OCC. The molecule has 7 heteroatoms. The molecule has 0 bridgehead atoms. The number of ether oxygens (including phenoxy) is 2. The summed E-state index contributed by atoms with van der Waals surface area (Å²) in [5.74, 6) is 0. The fraction of sp³-hybridized carbons (Fsp3) is 1.00. The molecule has 0 unspecified atom stereocenters. The van der Waals surface area contributed by atoms with Gasteiger partial charge in [0.2, 0.25) is 10.0 Å². The molecule has 0 amide bonds. The number of hydrogen-bond donors (Lipinski definition) is 2. The van der Waals surface area contributed by atoms with Gasteiger partial charge < -0.3 is 14.8 Å². The van der Waals surface area contributed by atoms with Crippen LogP contribution in [0.3, 0.4) is 0 Å². The Hall–Kier alpha value is -0.210. The van der Waals surface area contributed by atoms with Gasteiger partial charge >= 0.3 is 0 Å². The lowest BCUT2D eigenvalue weighted by Gasteiger charge is -2.16. The molecular formula is C11H26N2O4S. The molecule has 2 N–H and O–H groups in total. The fourth-order valence-corrected chi connectivity index (χ4v) is 1.92. The van der Waals surface area contributed by atoms with E-state index in [9.17, 15) is 8.42 Å². The molecular weight excluding hydrogens is 256 g/mol. The Balaban J connectivity index is 3.42. The van der Waals surface area contributed by atoms with Crippen molar-refractivity contribution in [2.24, 2.45) is 0 Å². The van der Waals surface area contributed by atoms with E-state index in [2.05, 4.69) is 10.0 Å². The van der Waals surface area contributed by atoms with E-state index in [0.29, 0.717) is 19.8 Å². The second kappa shape index (κ2) is 10.7. The Morgan fingerprint density at radius 3 is 2.17 bits per heavy atom. The van der Waals surface area contributed by atoms with Crippen LogP contribution in [-0.4, -0.2) is 53.8 Å². The zero-order valence-corrected chi connectivity index (χ0v) is 12.4. The van der Waals surface area contributed by atoms with E-state index in [0.717, 1.165) is 32.2 Å². The third-order valence-electron chi connectivity index (χ3n) is 2.16. The Morgan fingerprint density at radius 2 is 1.67 bits per heavy atom. The van der Waals surface area contributed by atoms with Crippen molar-refractivity contribution in [1.82, 2.24) is 10.0 Å². The highest BCUT2D eigenvalue weighted by Crippen LogP contribution is 1.99. The lowest BCUT2D eigenvalue weighted by Crippen LogP contribution is -2.28. The van der Waals surface area contributed by atoms with Crippen LogP contribution >= 0.6 is 0 Å². The van der Waals surface area contributed by atoms with Gasteiger partial charge in [-0.2, -0.15) is 0 Å². The van der Waals surface area contributed by atoms with Gasteiger partial charge in [-0.15, -0.1) is 0 Å². The number of sulfonamides is 1. The average Bonchev–Trinajstić information content (AvgIpc) is 2.26. The van der Waals surface area contributed by atoms with Gasteiger partial charge in [0, 0.05) is 26.2 Å². The summed E-state index contributed by atoms with van der Waals surface area (Å²) in [5.41, 5.74) is 0. The molecule has 110 valence electrons. The average molecular weight is 282 g/mol. The molecule has 0 aliphatic heterocycles. The minimum atomic E-state index is -3.06. The molecule has 0 aromatic heterocycles. The summed E-state index contributed by atoms with van der Waals surface area (Å²) in [7, 11) is -3.06. The van der Waals surface area contributed by atoms with Gasteiger partial charge in [-0.1, -0.05) is 0 Å². The van der Waals surface area contributed by atoms with E-state index in [1.54, 1.807) is 0 Å². The molecule has 0 rings (SSSR count). The summed E-state index contributed by atoms with van der Waals surface area (Å²) in [5, 5.41) is 3.22. The summed E-state index contributed by atoms with van der Waals surface area (Å²) in [6, 6.07) is 0. The highest BCUT2D eigenvalue weighted by Gasteiger charge is 2.06. The fourth-order valence-electron chi connectivity index (χ4n) is 1.40. The van der Waals surface area contributed by atoms with Crippen LogP contribution in [0, 0.1) is 0 Å². The van der Waals surface area contributed by atoms with Gasteiger partial charge in [-0.25, -0.2) is 13.1 Å². The minimum absolute atomic E-state index is 0.151. The van der Waals surface area contributed by atoms with Gasteiger partial charge in [0.15, 0.2) is 6.29 Å². The van der Waals surface area contributed by atoms with Crippen LogP contribution in [0.2, 0.25) is 0 Å². The molecule has 0 radical (unpaired) electrons. The number of nitrogens with one attached hydrogen (secondary N) is 2. The van der Waals surface area contributed by atoms with Crippen molar-refractivity contribution in [1.29, 1.82) is 0 Å². The van der Waals surface area contributed by atoms with Crippen LogP contribution in [0.4, 0.5) is 0 Å². The van der Waals surface area contributed by atoms with E-state index in [1.807, 2.05) is 13.8 Å². The minimum Gasteiger partial charge on any atom is -0.353 e. The maximum Gasteiger partial charge on any atom is 0.208 e. The highest BCUT2D eigenvalue weighted by atomic mass is 32.2. The van der Waals surface area contributed by atoms with Crippen LogP contribution in [0.1, 0.15) is 26.7 Å². The third-order valence-corrected chi connectivity index (χ3v) is 2.89. The first-order valence-electron chi connectivity index (χ1n) is 6.38. The molecule has 0 aliphatic rings. The Kier molecular flexibility index (Phi) is 10.6. The predicted molar refractivity (Wildman–Crippen MR) is 72.0 cm³/mol. The molecule has 0 aliphatic carbocycles. The van der Waals surface area contributed by atoms with E-state index >= 15 is 0 Å². The maximum absolute atomic E-state index is 10.8. The Morgan fingerprint density at radius 1 is 1.06 bits per heavy atom. The highest BCUT2D eigenvalue weighted by molar-refractivity contribution is 7.88. The first-order chi connectivity index (χ1) is 8.49. The van der Waals surface area contributed by atoms with Crippen molar-refractivity contribution in [3.05, 3.63) is 0 Å². The third kappa shape index (κ3) is 12.3. The molecule has 0 saturated carbocycles. The van der Waals surface area contributed by atoms with Crippen LogP contribution in [0.5, 0.6) is 0 Å². The summed E-state index contributed by atoms with van der Waals surface area (Å²) in [6.07, 6.45) is 2.57. The second-order valence-electron chi connectivity index (χ2n) is 3.90. The zero-order valence-electron chi connectivity index (χ0n) is 11.6. The summed E-state index contributed by atoms with van der Waals surface area (Å²) in [6.45, 7) is 7.20. The lowest BCUT2D eigenvalue weighted by molar-refractivity contribution is -0.138.